The molecule has 1 atom stereocenters. The highest BCUT2D eigenvalue weighted by molar-refractivity contribution is 6.02. The molecule has 0 bridgehead atoms. The summed E-state index contributed by atoms with van der Waals surface area (Å²) in [4.78, 5) is 37.4. The van der Waals surface area contributed by atoms with Crippen molar-refractivity contribution in [1.29, 1.82) is 0 Å². The molecule has 0 aliphatic heterocycles. The number of hydrogen-bond acceptors (Lipinski definition) is 4. The van der Waals surface area contributed by atoms with E-state index in [1.54, 1.807) is 55.5 Å². The minimum Gasteiger partial charge on any atom is -0.483 e. The van der Waals surface area contributed by atoms with Gasteiger partial charge in [0.15, 0.2) is 6.61 Å². The van der Waals surface area contributed by atoms with Crippen molar-refractivity contribution in [3.63, 3.8) is 0 Å². The number of amides is 3. The number of ether oxygens (including phenoxy) is 1. The molecule has 33 heavy (non-hydrogen) atoms. The van der Waals surface area contributed by atoms with Gasteiger partial charge in [0.05, 0.1) is 5.56 Å². The number of carbonyl (C=O) groups is 3. The first-order chi connectivity index (χ1) is 15.8. The largest absolute Gasteiger partial charge is 0.483 e. The van der Waals surface area contributed by atoms with Crippen LogP contribution in [0.4, 0.5) is 11.4 Å². The third-order valence-electron chi connectivity index (χ3n) is 4.89. The summed E-state index contributed by atoms with van der Waals surface area (Å²) >= 11 is 0. The van der Waals surface area contributed by atoms with Crippen LogP contribution in [0.1, 0.15) is 28.4 Å². The van der Waals surface area contributed by atoms with Gasteiger partial charge < -0.3 is 20.7 Å². The molecule has 0 saturated carbocycles. The monoisotopic (exact) mass is 445 g/mol. The van der Waals surface area contributed by atoms with Crippen molar-refractivity contribution in [3.8, 4) is 5.75 Å². The van der Waals surface area contributed by atoms with E-state index in [9.17, 15) is 14.4 Å². The van der Waals surface area contributed by atoms with Crippen molar-refractivity contribution < 1.29 is 19.1 Å². The summed E-state index contributed by atoms with van der Waals surface area (Å²) in [6.45, 7) is 5.26. The fourth-order valence-corrected chi connectivity index (χ4v) is 2.98. The first-order valence-electron chi connectivity index (χ1n) is 10.6. The zero-order valence-electron chi connectivity index (χ0n) is 18.8. The molecule has 3 amide bonds. The van der Waals surface area contributed by atoms with Crippen LogP contribution in [0.5, 0.6) is 5.75 Å². The number of nitrogens with one attached hydrogen (secondary N) is 3. The zero-order valence-corrected chi connectivity index (χ0v) is 18.8. The van der Waals surface area contributed by atoms with E-state index in [2.05, 4.69) is 16.0 Å². The molecular weight excluding hydrogens is 418 g/mol. The molecule has 0 aromatic heterocycles. The van der Waals surface area contributed by atoms with E-state index >= 15 is 0 Å². The van der Waals surface area contributed by atoms with Gasteiger partial charge in [-0.05, 0) is 57.2 Å². The average Bonchev–Trinajstić information content (AvgIpc) is 2.80. The normalized spacial score (nSPS) is 11.2. The lowest BCUT2D eigenvalue weighted by Gasteiger charge is -2.16. The second-order valence-corrected chi connectivity index (χ2v) is 7.75. The molecule has 0 spiro atoms. The van der Waals surface area contributed by atoms with E-state index in [1.165, 1.54) is 0 Å². The van der Waals surface area contributed by atoms with Gasteiger partial charge in [0.1, 0.15) is 11.8 Å². The van der Waals surface area contributed by atoms with Gasteiger partial charge in [-0.15, -0.1) is 0 Å². The molecule has 0 radical (unpaired) electrons. The van der Waals surface area contributed by atoms with Crippen LogP contribution in [-0.2, 0) is 9.59 Å². The van der Waals surface area contributed by atoms with Crippen LogP contribution in [0.25, 0.3) is 0 Å². The van der Waals surface area contributed by atoms with Gasteiger partial charge >= 0.3 is 0 Å². The van der Waals surface area contributed by atoms with Crippen LogP contribution in [0.15, 0.2) is 72.8 Å². The Kier molecular flexibility index (Phi) is 7.81. The standard InChI is InChI=1S/C26H27N3O4/c1-17-8-12-20(13-9-17)28-24(30)16-33-23-7-5-4-6-22(23)26(32)27-19(3)25(31)29-21-14-10-18(2)11-15-21/h4-15,19H,16H2,1-3H3,(H,27,32)(H,28,30)(H,29,31)/t19-/m1/s1. The Morgan fingerprint density at radius 3 is 1.94 bits per heavy atom. The SMILES string of the molecule is Cc1ccc(NC(=O)COc2ccccc2C(=O)N[C@H](C)C(=O)Nc2ccc(C)cc2)cc1. The van der Waals surface area contributed by atoms with E-state index in [-0.39, 0.29) is 29.7 Å². The van der Waals surface area contributed by atoms with Crippen molar-refractivity contribution in [2.45, 2.75) is 26.8 Å². The highest BCUT2D eigenvalue weighted by Gasteiger charge is 2.19. The lowest BCUT2D eigenvalue weighted by Crippen LogP contribution is -2.41. The van der Waals surface area contributed by atoms with Crippen LogP contribution in [0.3, 0.4) is 0 Å². The Balaban J connectivity index is 1.57. The lowest BCUT2D eigenvalue weighted by molar-refractivity contribution is -0.118. The Labute approximate surface area is 193 Å². The van der Waals surface area contributed by atoms with Gasteiger partial charge in [0.2, 0.25) is 5.91 Å². The van der Waals surface area contributed by atoms with Crippen LogP contribution in [0.2, 0.25) is 0 Å². The highest BCUT2D eigenvalue weighted by atomic mass is 16.5. The maximum Gasteiger partial charge on any atom is 0.262 e. The Bertz CT molecular complexity index is 1130. The van der Waals surface area contributed by atoms with Gasteiger partial charge in [0.25, 0.3) is 11.8 Å². The number of anilines is 2. The molecule has 170 valence electrons. The summed E-state index contributed by atoms with van der Waals surface area (Å²) in [5.41, 5.74) is 3.71. The predicted octanol–water partition coefficient (Wildman–Crippen LogP) is 4.08. The van der Waals surface area contributed by atoms with Crippen molar-refractivity contribution in [1.82, 2.24) is 5.32 Å². The van der Waals surface area contributed by atoms with Gasteiger partial charge in [-0.1, -0.05) is 47.5 Å². The summed E-state index contributed by atoms with van der Waals surface area (Å²) in [6.07, 6.45) is 0. The topological polar surface area (TPSA) is 96.5 Å². The van der Waals surface area contributed by atoms with E-state index in [0.717, 1.165) is 11.1 Å². The Morgan fingerprint density at radius 1 is 0.788 bits per heavy atom. The minimum absolute atomic E-state index is 0.232. The summed E-state index contributed by atoms with van der Waals surface area (Å²) in [7, 11) is 0. The van der Waals surface area contributed by atoms with Crippen molar-refractivity contribution in [2.24, 2.45) is 0 Å². The fraction of sp³-hybridized carbons (Fsp3) is 0.192. The molecule has 0 heterocycles. The second kappa shape index (κ2) is 10.9. The van der Waals surface area contributed by atoms with Gasteiger partial charge in [-0.3, -0.25) is 14.4 Å². The number of benzene rings is 3. The van der Waals surface area contributed by atoms with E-state index in [4.69, 9.17) is 4.74 Å². The zero-order chi connectivity index (χ0) is 23.8. The second-order valence-electron chi connectivity index (χ2n) is 7.75. The smallest absolute Gasteiger partial charge is 0.262 e. The molecule has 3 rings (SSSR count). The summed E-state index contributed by atoms with van der Waals surface area (Å²) in [5.74, 6) is -0.917. The van der Waals surface area contributed by atoms with Crippen LogP contribution in [0, 0.1) is 13.8 Å². The molecule has 0 unspecified atom stereocenters. The average molecular weight is 446 g/mol. The molecule has 7 heteroatoms. The van der Waals surface area contributed by atoms with Gasteiger partial charge in [-0.25, -0.2) is 0 Å². The third-order valence-corrected chi connectivity index (χ3v) is 4.89. The molecular formula is C26H27N3O4. The van der Waals surface area contributed by atoms with Crippen molar-refractivity contribution >= 4 is 29.1 Å². The maximum absolute atomic E-state index is 12.8. The Hall–Kier alpha value is -4.13. The molecule has 0 saturated heterocycles. The summed E-state index contributed by atoms with van der Waals surface area (Å²) < 4.78 is 5.59. The van der Waals surface area contributed by atoms with Crippen LogP contribution in [-0.4, -0.2) is 30.4 Å². The fourth-order valence-electron chi connectivity index (χ4n) is 2.98. The molecule has 7 nitrogen and oxygen atoms in total. The van der Waals surface area contributed by atoms with E-state index < -0.39 is 11.9 Å². The number of hydrogen-bond donors (Lipinski definition) is 3. The Morgan fingerprint density at radius 2 is 1.33 bits per heavy atom. The lowest BCUT2D eigenvalue weighted by atomic mass is 10.1. The molecule has 3 aromatic rings. The summed E-state index contributed by atoms with van der Waals surface area (Å²) in [6, 6.07) is 20.6. The maximum atomic E-state index is 12.8. The van der Waals surface area contributed by atoms with Crippen LogP contribution < -0.4 is 20.7 Å². The number of carbonyl (C=O) groups excluding carboxylic acids is 3. The summed E-state index contributed by atoms with van der Waals surface area (Å²) in [5, 5.41) is 8.18. The van der Waals surface area contributed by atoms with Crippen LogP contribution >= 0.6 is 0 Å². The molecule has 0 aliphatic rings. The van der Waals surface area contributed by atoms with Gasteiger partial charge in [0, 0.05) is 11.4 Å². The van der Waals surface area contributed by atoms with Crippen molar-refractivity contribution in [3.05, 3.63) is 89.5 Å². The predicted molar refractivity (Wildman–Crippen MR) is 128 cm³/mol. The quantitative estimate of drug-likeness (QED) is 0.487. The minimum atomic E-state index is -0.781. The van der Waals surface area contributed by atoms with E-state index in [0.29, 0.717) is 11.4 Å². The number of aryl methyl sites for hydroxylation is 2. The first kappa shape index (κ1) is 23.5. The number of rotatable bonds is 8. The molecule has 3 aromatic carbocycles. The molecule has 0 fully saturated rings. The van der Waals surface area contributed by atoms with Gasteiger partial charge in [-0.2, -0.15) is 0 Å². The molecule has 3 N–H and O–H groups in total. The third kappa shape index (κ3) is 6.93. The molecule has 0 aliphatic carbocycles. The first-order valence-corrected chi connectivity index (χ1v) is 10.6. The number of para-hydroxylation sites is 1. The van der Waals surface area contributed by atoms with Crippen molar-refractivity contribution in [2.75, 3.05) is 17.2 Å². The highest BCUT2D eigenvalue weighted by Crippen LogP contribution is 2.18. The van der Waals surface area contributed by atoms with E-state index in [1.807, 2.05) is 38.1 Å².